The zero-order valence-corrected chi connectivity index (χ0v) is 34.8. The van der Waals surface area contributed by atoms with Crippen molar-refractivity contribution in [2.24, 2.45) is 0 Å². The van der Waals surface area contributed by atoms with Crippen LogP contribution in [0, 0.1) is 0 Å². The maximum atomic E-state index is 7.10. The monoisotopic (exact) mass is 788 g/mol. The van der Waals surface area contributed by atoms with Gasteiger partial charge in [-0.1, -0.05) is 155 Å². The number of hydrogen-bond donors (Lipinski definition) is 0. The second kappa shape index (κ2) is 14.8. The quantitative estimate of drug-likeness (QED) is 0.143. The molecule has 5 heteroatoms. The highest BCUT2D eigenvalue weighted by Crippen LogP contribution is 2.48. The molecule has 0 bridgehead atoms. The molecule has 0 spiro atoms. The van der Waals surface area contributed by atoms with Crippen molar-refractivity contribution in [3.8, 4) is 23.0 Å². The zero-order valence-electron chi connectivity index (χ0n) is 34.8. The van der Waals surface area contributed by atoms with Gasteiger partial charge in [0.1, 0.15) is 23.0 Å². The molecule has 2 aliphatic heterocycles. The topological polar surface area (TPSA) is 24.9 Å². The van der Waals surface area contributed by atoms with Gasteiger partial charge in [0.05, 0.1) is 11.4 Å². The van der Waals surface area contributed by atoms with Crippen LogP contribution < -0.4 is 35.7 Å². The van der Waals surface area contributed by atoms with Gasteiger partial charge in [-0.3, -0.25) is 0 Å². The number of anilines is 6. The van der Waals surface area contributed by atoms with Gasteiger partial charge in [0, 0.05) is 51.1 Å². The molecule has 11 rings (SSSR count). The number of para-hydroxylation sites is 4. The van der Waals surface area contributed by atoms with E-state index in [9.17, 15) is 0 Å². The third-order valence-electron chi connectivity index (χ3n) is 12.5. The van der Waals surface area contributed by atoms with Gasteiger partial charge in [-0.25, -0.2) is 0 Å². The number of fused-ring (bicyclic) bond motifs is 8. The Bertz CT molecular complexity index is 2920. The Kier molecular flexibility index (Phi) is 8.93. The van der Waals surface area contributed by atoms with Crippen molar-refractivity contribution in [2.45, 2.75) is 39.5 Å². The van der Waals surface area contributed by atoms with Crippen LogP contribution in [-0.2, 0) is 0 Å². The van der Waals surface area contributed by atoms with Crippen LogP contribution in [0.15, 0.2) is 188 Å². The van der Waals surface area contributed by atoms with Crippen LogP contribution in [0.2, 0.25) is 0 Å². The predicted molar refractivity (Wildman–Crippen MR) is 257 cm³/mol. The molecule has 4 nitrogen and oxygen atoms in total. The predicted octanol–water partition coefficient (Wildman–Crippen LogP) is 13.9. The van der Waals surface area contributed by atoms with Gasteiger partial charge in [0.15, 0.2) is 0 Å². The Morgan fingerprint density at radius 1 is 0.344 bits per heavy atom. The van der Waals surface area contributed by atoms with Gasteiger partial charge < -0.3 is 19.3 Å². The Hall–Kier alpha value is -7.24. The normalized spacial score (nSPS) is 12.5. The smallest absolute Gasteiger partial charge is 0.262 e. The summed E-state index contributed by atoms with van der Waals surface area (Å²) >= 11 is 0. The Balaban J connectivity index is 1.19. The summed E-state index contributed by atoms with van der Waals surface area (Å²) in [6.45, 7) is 8.92. The molecule has 0 N–H and O–H groups in total. The minimum absolute atomic E-state index is 0.155. The van der Waals surface area contributed by atoms with Crippen molar-refractivity contribution in [3.63, 3.8) is 0 Å². The van der Waals surface area contributed by atoms with Crippen LogP contribution >= 0.6 is 0 Å². The van der Waals surface area contributed by atoms with E-state index in [2.05, 4.69) is 226 Å². The third kappa shape index (κ3) is 5.98. The van der Waals surface area contributed by atoms with Crippen molar-refractivity contribution in [3.05, 3.63) is 199 Å². The first-order valence-electron chi connectivity index (χ1n) is 21.4. The Morgan fingerprint density at radius 3 is 1.15 bits per heavy atom. The molecule has 9 aromatic rings. The molecule has 294 valence electrons. The van der Waals surface area contributed by atoms with Crippen molar-refractivity contribution in [1.82, 2.24) is 0 Å². The van der Waals surface area contributed by atoms with Gasteiger partial charge in [0.2, 0.25) is 0 Å². The Labute approximate surface area is 358 Å². The number of hydrogen-bond acceptors (Lipinski definition) is 4. The Morgan fingerprint density at radius 2 is 0.721 bits per heavy atom. The van der Waals surface area contributed by atoms with E-state index >= 15 is 0 Å². The molecule has 2 aliphatic rings. The van der Waals surface area contributed by atoms with E-state index in [0.29, 0.717) is 11.8 Å². The van der Waals surface area contributed by atoms with E-state index in [1.165, 1.54) is 11.1 Å². The first-order valence-corrected chi connectivity index (χ1v) is 21.4. The molecule has 0 aromatic heterocycles. The van der Waals surface area contributed by atoms with Crippen LogP contribution in [0.25, 0.3) is 21.5 Å². The van der Waals surface area contributed by atoms with Gasteiger partial charge in [-0.2, -0.15) is 0 Å². The zero-order chi connectivity index (χ0) is 41.2. The van der Waals surface area contributed by atoms with E-state index in [-0.39, 0.29) is 6.71 Å². The average molecular weight is 789 g/mol. The third-order valence-corrected chi connectivity index (χ3v) is 12.5. The summed E-state index contributed by atoms with van der Waals surface area (Å²) in [5.74, 6) is 3.98. The van der Waals surface area contributed by atoms with E-state index in [0.717, 1.165) is 95.1 Å². The van der Waals surface area contributed by atoms with Crippen molar-refractivity contribution in [2.75, 3.05) is 9.80 Å². The number of nitrogens with zero attached hydrogens (tertiary/aromatic N) is 2. The average Bonchev–Trinajstić information content (AvgIpc) is 3.30. The molecule has 9 aromatic carbocycles. The second-order valence-electron chi connectivity index (χ2n) is 16.8. The summed E-state index contributed by atoms with van der Waals surface area (Å²) in [7, 11) is 0. The highest BCUT2D eigenvalue weighted by molar-refractivity contribution is 7.01. The minimum atomic E-state index is -0.155. The lowest BCUT2D eigenvalue weighted by Gasteiger charge is -2.37. The number of benzene rings is 9. The standard InChI is InChI=1S/C56H45BN2O2/c1-36(2)40-24-15-17-30-46(40)58(38-20-7-5-8-21-38)48-34-52-54(44-28-13-11-26-42(44)48)57-55-45-29-14-12-27-43(45)49(35-53(55)61-51-33-19-32-50(60-52)56(51)57)59(39-22-9-6-10-23-39)47-31-18-16-25-41(47)37(3)4/h5-37H,1-4H3. The van der Waals surface area contributed by atoms with Crippen LogP contribution in [0.3, 0.4) is 0 Å². The first kappa shape index (κ1) is 36.8. The number of ether oxygens (including phenoxy) is 2. The van der Waals surface area contributed by atoms with Crippen LogP contribution in [0.1, 0.15) is 50.7 Å². The van der Waals surface area contributed by atoms with E-state index in [1.807, 2.05) is 0 Å². The second-order valence-corrected chi connectivity index (χ2v) is 16.8. The summed E-state index contributed by atoms with van der Waals surface area (Å²) in [5.41, 5.74) is 12.6. The lowest BCUT2D eigenvalue weighted by atomic mass is 9.33. The molecular weight excluding hydrogens is 743 g/mol. The fourth-order valence-corrected chi connectivity index (χ4v) is 9.83. The van der Waals surface area contributed by atoms with Crippen molar-refractivity contribution >= 4 is 78.8 Å². The lowest BCUT2D eigenvalue weighted by molar-refractivity contribution is 0.465. The molecule has 0 saturated heterocycles. The summed E-state index contributed by atoms with van der Waals surface area (Å²) in [4.78, 5) is 4.83. The molecule has 61 heavy (non-hydrogen) atoms. The van der Waals surface area contributed by atoms with Gasteiger partial charge in [0.25, 0.3) is 6.71 Å². The van der Waals surface area contributed by atoms with E-state index in [1.54, 1.807) is 0 Å². The highest BCUT2D eigenvalue weighted by atomic mass is 16.5. The molecule has 0 aliphatic carbocycles. The largest absolute Gasteiger partial charge is 0.458 e. The fraction of sp³-hybridized carbons (Fsp3) is 0.107. The first-order chi connectivity index (χ1) is 30.0. The summed E-state index contributed by atoms with van der Waals surface area (Å²) in [5, 5.41) is 4.62. The maximum Gasteiger partial charge on any atom is 0.262 e. The van der Waals surface area contributed by atoms with Crippen LogP contribution in [-0.4, -0.2) is 6.71 Å². The lowest BCUT2D eigenvalue weighted by Crippen LogP contribution is -2.58. The molecule has 2 heterocycles. The molecule has 0 amide bonds. The van der Waals surface area contributed by atoms with Gasteiger partial charge in [-0.15, -0.1) is 0 Å². The van der Waals surface area contributed by atoms with Crippen LogP contribution in [0.5, 0.6) is 23.0 Å². The fourth-order valence-electron chi connectivity index (χ4n) is 9.83. The molecule has 0 unspecified atom stereocenters. The molecule has 0 atom stereocenters. The van der Waals surface area contributed by atoms with E-state index < -0.39 is 0 Å². The van der Waals surface area contributed by atoms with Crippen molar-refractivity contribution in [1.29, 1.82) is 0 Å². The molecule has 0 radical (unpaired) electrons. The van der Waals surface area contributed by atoms with Gasteiger partial charge in [-0.05, 0) is 93.2 Å². The molecular formula is C56H45BN2O2. The SMILES string of the molecule is CC(C)c1ccccc1N(c1ccccc1)c1cc2c(c3ccccc13)B1c3c(cccc3Oc3cc(N(c4ccccc4)c4ccccc4C(C)C)c4ccccc4c31)O2. The van der Waals surface area contributed by atoms with Crippen LogP contribution in [0.4, 0.5) is 34.1 Å². The molecule has 0 fully saturated rings. The summed E-state index contributed by atoms with van der Waals surface area (Å²) in [6.07, 6.45) is 0. The minimum Gasteiger partial charge on any atom is -0.458 e. The van der Waals surface area contributed by atoms with E-state index in [4.69, 9.17) is 9.47 Å². The summed E-state index contributed by atoms with van der Waals surface area (Å²) < 4.78 is 14.2. The number of rotatable bonds is 8. The van der Waals surface area contributed by atoms with Gasteiger partial charge >= 0.3 is 0 Å². The maximum absolute atomic E-state index is 7.10. The highest BCUT2D eigenvalue weighted by Gasteiger charge is 2.43. The summed E-state index contributed by atoms with van der Waals surface area (Å²) in [6, 6.07) is 67.5. The van der Waals surface area contributed by atoms with Crippen molar-refractivity contribution < 1.29 is 9.47 Å². The molecule has 0 saturated carbocycles.